The zero-order chi connectivity index (χ0) is 18.7. The number of carbonyl (C=O) groups excluding carboxylic acids is 1. The summed E-state index contributed by atoms with van der Waals surface area (Å²) in [5.74, 6) is -0.188. The van der Waals surface area contributed by atoms with Crippen molar-refractivity contribution in [1.29, 1.82) is 0 Å². The van der Waals surface area contributed by atoms with Gasteiger partial charge >= 0.3 is 0 Å². The van der Waals surface area contributed by atoms with Gasteiger partial charge in [-0.3, -0.25) is 14.9 Å². The minimum absolute atomic E-state index is 0.122. The first kappa shape index (κ1) is 17.9. The van der Waals surface area contributed by atoms with Crippen molar-refractivity contribution in [3.05, 3.63) is 69.8 Å². The van der Waals surface area contributed by atoms with Crippen LogP contribution in [-0.2, 0) is 4.79 Å². The summed E-state index contributed by atoms with van der Waals surface area (Å²) in [6.07, 6.45) is 0. The van der Waals surface area contributed by atoms with Gasteiger partial charge in [0, 0.05) is 11.5 Å². The Balaban J connectivity index is 1.72. The molecule has 0 aliphatic heterocycles. The van der Waals surface area contributed by atoms with E-state index in [0.29, 0.717) is 0 Å². The number of aryl methyl sites for hydroxylation is 2. The maximum atomic E-state index is 12.2. The van der Waals surface area contributed by atoms with Crippen molar-refractivity contribution in [3.63, 3.8) is 0 Å². The fourth-order valence-corrected chi connectivity index (χ4v) is 3.38. The van der Waals surface area contributed by atoms with E-state index in [4.69, 9.17) is 0 Å². The van der Waals surface area contributed by atoms with Crippen LogP contribution in [0.4, 0.5) is 11.4 Å². The van der Waals surface area contributed by atoms with Crippen LogP contribution in [0.1, 0.15) is 11.1 Å². The summed E-state index contributed by atoms with van der Waals surface area (Å²) < 4.78 is 0. The molecule has 0 saturated heterocycles. The van der Waals surface area contributed by atoms with Crippen LogP contribution in [0.5, 0.6) is 0 Å². The number of fused-ring (bicyclic) bond motifs is 1. The number of hydrogen-bond acceptors (Lipinski definition) is 5. The van der Waals surface area contributed by atoms with Gasteiger partial charge in [0.2, 0.25) is 5.91 Å². The number of amides is 1. The largest absolute Gasteiger partial charge is 0.320 e. The molecule has 3 rings (SSSR count). The van der Waals surface area contributed by atoms with Gasteiger partial charge in [0.05, 0.1) is 16.2 Å². The van der Waals surface area contributed by atoms with Gasteiger partial charge < -0.3 is 5.32 Å². The molecule has 0 unspecified atom stereocenters. The zero-order valence-corrected chi connectivity index (χ0v) is 15.2. The lowest BCUT2D eigenvalue weighted by Gasteiger charge is -2.08. The van der Waals surface area contributed by atoms with Gasteiger partial charge in [-0.25, -0.2) is 4.98 Å². The topological polar surface area (TPSA) is 85.1 Å². The van der Waals surface area contributed by atoms with E-state index in [9.17, 15) is 14.9 Å². The molecule has 0 aliphatic carbocycles. The molecule has 1 amide bonds. The highest BCUT2D eigenvalue weighted by molar-refractivity contribution is 8.00. The quantitative estimate of drug-likeness (QED) is 0.408. The van der Waals surface area contributed by atoms with E-state index >= 15 is 0 Å². The highest BCUT2D eigenvalue weighted by Crippen LogP contribution is 2.26. The van der Waals surface area contributed by atoms with Crippen LogP contribution in [-0.4, -0.2) is 21.6 Å². The Kier molecular flexibility index (Phi) is 5.18. The molecule has 6 nitrogen and oxygen atoms in total. The Hall–Kier alpha value is -2.93. The molecule has 1 N–H and O–H groups in total. The number of carbonyl (C=O) groups is 1. The SMILES string of the molecule is Cc1ccc2nc(SCC(=O)Nc3ccccc3[N+](=O)[O-])c(C)cc2c1. The minimum atomic E-state index is -0.514. The minimum Gasteiger partial charge on any atom is -0.320 e. The van der Waals surface area contributed by atoms with E-state index in [-0.39, 0.29) is 23.0 Å². The fourth-order valence-electron chi connectivity index (χ4n) is 2.59. The summed E-state index contributed by atoms with van der Waals surface area (Å²) in [6.45, 7) is 3.99. The molecule has 1 heterocycles. The lowest BCUT2D eigenvalue weighted by atomic mass is 10.1. The average molecular weight is 367 g/mol. The number of thioether (sulfide) groups is 1. The van der Waals surface area contributed by atoms with Crippen molar-refractivity contribution >= 4 is 39.9 Å². The van der Waals surface area contributed by atoms with Crippen LogP contribution in [0.25, 0.3) is 10.9 Å². The first-order chi connectivity index (χ1) is 12.4. The average Bonchev–Trinajstić information content (AvgIpc) is 2.60. The van der Waals surface area contributed by atoms with Gasteiger partial charge in [-0.05, 0) is 43.7 Å². The predicted octanol–water partition coefficient (Wildman–Crippen LogP) is 4.49. The number of para-hydroxylation sites is 2. The van der Waals surface area contributed by atoms with E-state index < -0.39 is 4.92 Å². The summed E-state index contributed by atoms with van der Waals surface area (Å²) in [4.78, 5) is 27.3. The Labute approximate surface area is 154 Å². The van der Waals surface area contributed by atoms with E-state index in [1.165, 1.54) is 29.5 Å². The first-order valence-corrected chi connectivity index (χ1v) is 8.96. The zero-order valence-electron chi connectivity index (χ0n) is 14.4. The molecular formula is C19H17N3O3S. The maximum absolute atomic E-state index is 12.2. The Morgan fingerprint density at radius 3 is 2.73 bits per heavy atom. The highest BCUT2D eigenvalue weighted by Gasteiger charge is 2.15. The molecule has 0 radical (unpaired) electrons. The van der Waals surface area contributed by atoms with Gasteiger partial charge in [-0.1, -0.05) is 35.5 Å². The van der Waals surface area contributed by atoms with Gasteiger partial charge in [-0.2, -0.15) is 0 Å². The standard InChI is InChI=1S/C19H17N3O3S/c1-12-7-8-15-14(9-12)10-13(2)19(21-15)26-11-18(23)20-16-5-3-4-6-17(16)22(24)25/h3-10H,11H2,1-2H3,(H,20,23). The summed E-state index contributed by atoms with van der Waals surface area (Å²) in [6, 6.07) is 14.2. The molecule has 0 saturated carbocycles. The molecule has 26 heavy (non-hydrogen) atoms. The number of rotatable bonds is 5. The lowest BCUT2D eigenvalue weighted by Crippen LogP contribution is -2.15. The summed E-state index contributed by atoms with van der Waals surface area (Å²) in [5.41, 5.74) is 3.11. The second-order valence-corrected chi connectivity index (χ2v) is 6.88. The van der Waals surface area contributed by atoms with Crippen molar-refractivity contribution in [2.24, 2.45) is 0 Å². The molecule has 2 aromatic carbocycles. The molecule has 0 fully saturated rings. The van der Waals surface area contributed by atoms with E-state index in [1.807, 2.05) is 26.0 Å². The third-order valence-electron chi connectivity index (χ3n) is 3.83. The number of pyridine rings is 1. The molecule has 1 aromatic heterocycles. The smallest absolute Gasteiger partial charge is 0.292 e. The van der Waals surface area contributed by atoms with Gasteiger partial charge in [0.25, 0.3) is 5.69 Å². The maximum Gasteiger partial charge on any atom is 0.292 e. The third kappa shape index (κ3) is 4.00. The van der Waals surface area contributed by atoms with Crippen LogP contribution < -0.4 is 5.32 Å². The molecule has 0 aliphatic rings. The fraction of sp³-hybridized carbons (Fsp3) is 0.158. The highest BCUT2D eigenvalue weighted by atomic mass is 32.2. The van der Waals surface area contributed by atoms with Crippen LogP contribution in [0.2, 0.25) is 0 Å². The molecule has 0 spiro atoms. The van der Waals surface area contributed by atoms with Gasteiger partial charge in [0.1, 0.15) is 10.7 Å². The number of nitrogens with one attached hydrogen (secondary N) is 1. The van der Waals surface area contributed by atoms with Gasteiger partial charge in [0.15, 0.2) is 0 Å². The van der Waals surface area contributed by atoms with Crippen LogP contribution in [0.3, 0.4) is 0 Å². The van der Waals surface area contributed by atoms with Crippen molar-refractivity contribution in [2.45, 2.75) is 18.9 Å². The van der Waals surface area contributed by atoms with Crippen LogP contribution in [0.15, 0.2) is 53.6 Å². The molecular weight excluding hydrogens is 350 g/mol. The van der Waals surface area contributed by atoms with Crippen LogP contribution in [0, 0.1) is 24.0 Å². The Morgan fingerprint density at radius 2 is 1.96 bits per heavy atom. The van der Waals surface area contributed by atoms with Crippen molar-refractivity contribution in [1.82, 2.24) is 4.98 Å². The lowest BCUT2D eigenvalue weighted by molar-refractivity contribution is -0.383. The third-order valence-corrected chi connectivity index (χ3v) is 4.92. The number of nitro groups is 1. The number of hydrogen-bond donors (Lipinski definition) is 1. The van der Waals surface area contributed by atoms with E-state index in [2.05, 4.69) is 22.4 Å². The first-order valence-electron chi connectivity index (χ1n) is 7.98. The summed E-state index contributed by atoms with van der Waals surface area (Å²) in [7, 11) is 0. The van der Waals surface area contributed by atoms with Crippen LogP contribution >= 0.6 is 11.8 Å². The molecule has 132 valence electrons. The summed E-state index contributed by atoms with van der Waals surface area (Å²) >= 11 is 1.31. The Morgan fingerprint density at radius 1 is 1.19 bits per heavy atom. The van der Waals surface area contributed by atoms with Crippen molar-refractivity contribution < 1.29 is 9.72 Å². The molecule has 3 aromatic rings. The molecule has 7 heteroatoms. The molecule has 0 atom stereocenters. The van der Waals surface area contributed by atoms with Crippen molar-refractivity contribution in [2.75, 3.05) is 11.1 Å². The second kappa shape index (κ2) is 7.53. The number of aromatic nitrogens is 1. The monoisotopic (exact) mass is 367 g/mol. The number of nitrogens with zero attached hydrogens (tertiary/aromatic N) is 2. The number of nitro benzene ring substituents is 1. The second-order valence-electron chi connectivity index (χ2n) is 5.92. The Bertz CT molecular complexity index is 1000. The number of anilines is 1. The van der Waals surface area contributed by atoms with E-state index in [1.54, 1.807) is 12.1 Å². The van der Waals surface area contributed by atoms with Crippen molar-refractivity contribution in [3.8, 4) is 0 Å². The van der Waals surface area contributed by atoms with Gasteiger partial charge in [-0.15, -0.1) is 0 Å². The predicted molar refractivity (Wildman–Crippen MR) is 104 cm³/mol. The number of benzene rings is 2. The normalized spacial score (nSPS) is 10.7. The van der Waals surface area contributed by atoms with E-state index in [0.717, 1.165) is 21.5 Å². The summed E-state index contributed by atoms with van der Waals surface area (Å²) in [5, 5.41) is 15.5. The molecule has 0 bridgehead atoms.